The van der Waals surface area contributed by atoms with Gasteiger partial charge in [0.05, 0.1) is 3.79 Å². The van der Waals surface area contributed by atoms with Crippen LogP contribution in [0.5, 0.6) is 0 Å². The zero-order chi connectivity index (χ0) is 14.1. The third-order valence-corrected chi connectivity index (χ3v) is 7.25. The zero-order valence-electron chi connectivity index (χ0n) is 11.1. The van der Waals surface area contributed by atoms with E-state index in [0.717, 1.165) is 17.7 Å². The summed E-state index contributed by atoms with van der Waals surface area (Å²) in [6.45, 7) is 3.34. The van der Waals surface area contributed by atoms with E-state index in [9.17, 15) is 8.42 Å². The highest BCUT2D eigenvalue weighted by molar-refractivity contribution is 9.11. The van der Waals surface area contributed by atoms with Gasteiger partial charge in [0.1, 0.15) is 4.90 Å². The smallest absolute Gasteiger partial charge is 0.242 e. The second-order valence-corrected chi connectivity index (χ2v) is 9.56. The van der Waals surface area contributed by atoms with Crippen molar-refractivity contribution in [2.45, 2.75) is 37.6 Å². The summed E-state index contributed by atoms with van der Waals surface area (Å²) in [6.07, 6.45) is 3.41. The minimum atomic E-state index is -3.41. The van der Waals surface area contributed by atoms with Crippen LogP contribution in [-0.2, 0) is 16.6 Å². The Hall–Kier alpha value is 0.0500. The molecular weight excluding hydrogens is 348 g/mol. The SMILES string of the molecule is CNCc1cc(S(=O)(=O)NCC2(C)CCC2)c(Br)s1. The van der Waals surface area contributed by atoms with Gasteiger partial charge in [0, 0.05) is 18.0 Å². The largest absolute Gasteiger partial charge is 0.315 e. The molecule has 1 saturated carbocycles. The fourth-order valence-corrected chi connectivity index (χ4v) is 6.04. The van der Waals surface area contributed by atoms with Crippen LogP contribution in [0.2, 0.25) is 0 Å². The molecule has 1 aromatic heterocycles. The highest BCUT2D eigenvalue weighted by Gasteiger charge is 2.33. The molecular formula is C12H19BrN2O2S2. The molecule has 19 heavy (non-hydrogen) atoms. The van der Waals surface area contributed by atoms with Crippen molar-refractivity contribution in [2.24, 2.45) is 5.41 Å². The number of hydrogen-bond acceptors (Lipinski definition) is 4. The van der Waals surface area contributed by atoms with Gasteiger partial charge in [-0.05, 0) is 47.3 Å². The minimum absolute atomic E-state index is 0.142. The summed E-state index contributed by atoms with van der Waals surface area (Å²) < 4.78 is 28.0. The molecule has 0 saturated heterocycles. The maximum absolute atomic E-state index is 12.3. The number of rotatable bonds is 6. The van der Waals surface area contributed by atoms with Gasteiger partial charge in [0.25, 0.3) is 0 Å². The maximum atomic E-state index is 12.3. The van der Waals surface area contributed by atoms with E-state index < -0.39 is 10.0 Å². The molecule has 2 rings (SSSR count). The molecule has 0 bridgehead atoms. The number of thiophene rings is 1. The Labute approximate surface area is 127 Å². The van der Waals surface area contributed by atoms with Crippen LogP contribution in [0, 0.1) is 5.41 Å². The van der Waals surface area contributed by atoms with E-state index in [-0.39, 0.29) is 5.41 Å². The molecule has 0 atom stereocenters. The molecule has 7 heteroatoms. The van der Waals surface area contributed by atoms with E-state index in [0.29, 0.717) is 21.8 Å². The van der Waals surface area contributed by atoms with Crippen LogP contribution < -0.4 is 10.0 Å². The molecule has 2 N–H and O–H groups in total. The van der Waals surface area contributed by atoms with Gasteiger partial charge in [-0.15, -0.1) is 11.3 Å². The van der Waals surface area contributed by atoms with E-state index in [1.54, 1.807) is 6.07 Å². The summed E-state index contributed by atoms with van der Waals surface area (Å²) in [5.74, 6) is 0. The first-order chi connectivity index (χ1) is 8.86. The average molecular weight is 367 g/mol. The first-order valence-electron chi connectivity index (χ1n) is 6.29. The van der Waals surface area contributed by atoms with Crippen molar-refractivity contribution in [3.63, 3.8) is 0 Å². The van der Waals surface area contributed by atoms with Crippen molar-refractivity contribution in [1.82, 2.24) is 10.0 Å². The lowest BCUT2D eigenvalue weighted by molar-refractivity contribution is 0.166. The van der Waals surface area contributed by atoms with E-state index in [4.69, 9.17) is 0 Å². The van der Waals surface area contributed by atoms with Gasteiger partial charge in [-0.3, -0.25) is 0 Å². The quantitative estimate of drug-likeness (QED) is 0.813. The van der Waals surface area contributed by atoms with Gasteiger partial charge in [-0.2, -0.15) is 0 Å². The van der Waals surface area contributed by atoms with Crippen LogP contribution in [0.1, 0.15) is 31.1 Å². The van der Waals surface area contributed by atoms with Gasteiger partial charge >= 0.3 is 0 Å². The summed E-state index contributed by atoms with van der Waals surface area (Å²) in [7, 11) is -1.57. The summed E-state index contributed by atoms with van der Waals surface area (Å²) in [4.78, 5) is 1.36. The molecule has 0 aromatic carbocycles. The van der Waals surface area contributed by atoms with Crippen LogP contribution >= 0.6 is 27.3 Å². The highest BCUT2D eigenvalue weighted by atomic mass is 79.9. The predicted octanol–water partition coefficient (Wildman–Crippen LogP) is 2.70. The molecule has 1 heterocycles. The van der Waals surface area contributed by atoms with Gasteiger partial charge in [0.2, 0.25) is 10.0 Å². The average Bonchev–Trinajstić information content (AvgIpc) is 2.67. The highest BCUT2D eigenvalue weighted by Crippen LogP contribution is 2.40. The lowest BCUT2D eigenvalue weighted by atomic mass is 9.71. The van der Waals surface area contributed by atoms with E-state index >= 15 is 0 Å². The van der Waals surface area contributed by atoms with Crippen LogP contribution in [0.4, 0.5) is 0 Å². The van der Waals surface area contributed by atoms with Crippen LogP contribution in [0.3, 0.4) is 0 Å². The third kappa shape index (κ3) is 3.58. The molecule has 4 nitrogen and oxygen atoms in total. The Morgan fingerprint density at radius 2 is 2.16 bits per heavy atom. The number of sulfonamides is 1. The molecule has 0 spiro atoms. The van der Waals surface area contributed by atoms with Crippen molar-refractivity contribution in [3.05, 3.63) is 14.7 Å². The lowest BCUT2D eigenvalue weighted by Gasteiger charge is -2.38. The van der Waals surface area contributed by atoms with Gasteiger partial charge in [-0.1, -0.05) is 13.3 Å². The Bertz CT molecular complexity index is 550. The van der Waals surface area contributed by atoms with E-state index in [2.05, 4.69) is 32.9 Å². The van der Waals surface area contributed by atoms with Gasteiger partial charge < -0.3 is 5.32 Å². The van der Waals surface area contributed by atoms with Crippen molar-refractivity contribution in [3.8, 4) is 0 Å². The Morgan fingerprint density at radius 3 is 2.68 bits per heavy atom. The molecule has 0 radical (unpaired) electrons. The van der Waals surface area contributed by atoms with Gasteiger partial charge in [0.15, 0.2) is 0 Å². The van der Waals surface area contributed by atoms with Crippen molar-refractivity contribution in [2.75, 3.05) is 13.6 Å². The minimum Gasteiger partial charge on any atom is -0.315 e. The van der Waals surface area contributed by atoms with Crippen LogP contribution in [0.15, 0.2) is 14.7 Å². The number of nitrogens with one attached hydrogen (secondary N) is 2. The Kier molecular flexibility index (Phi) is 4.72. The van der Waals surface area contributed by atoms with Crippen molar-refractivity contribution >= 4 is 37.3 Å². The normalized spacial score (nSPS) is 18.3. The second-order valence-electron chi connectivity index (χ2n) is 5.37. The van der Waals surface area contributed by atoms with Crippen LogP contribution in [-0.4, -0.2) is 22.0 Å². The molecule has 1 fully saturated rings. The first kappa shape index (κ1) is 15.4. The van der Waals surface area contributed by atoms with Crippen LogP contribution in [0.25, 0.3) is 0 Å². The molecule has 108 valence electrons. The summed E-state index contributed by atoms with van der Waals surface area (Å²) >= 11 is 4.80. The fraction of sp³-hybridized carbons (Fsp3) is 0.667. The fourth-order valence-electron chi connectivity index (χ4n) is 2.15. The molecule has 0 amide bonds. The summed E-state index contributed by atoms with van der Waals surface area (Å²) in [6, 6.07) is 1.73. The third-order valence-electron chi connectivity index (χ3n) is 3.60. The molecule has 0 unspecified atom stereocenters. The monoisotopic (exact) mass is 366 g/mol. The second kappa shape index (κ2) is 5.81. The van der Waals surface area contributed by atoms with Gasteiger partial charge in [-0.25, -0.2) is 13.1 Å². The lowest BCUT2D eigenvalue weighted by Crippen LogP contribution is -2.39. The summed E-state index contributed by atoms with van der Waals surface area (Å²) in [5.41, 5.74) is 0.142. The predicted molar refractivity (Wildman–Crippen MR) is 81.9 cm³/mol. The summed E-state index contributed by atoms with van der Waals surface area (Å²) in [5, 5.41) is 3.02. The zero-order valence-corrected chi connectivity index (χ0v) is 14.3. The number of halogens is 1. The first-order valence-corrected chi connectivity index (χ1v) is 9.38. The standard InChI is InChI=1S/C12H19BrN2O2S2/c1-12(4-3-5-12)8-15-19(16,17)10-6-9(7-14-2)18-11(10)13/h6,14-15H,3-5,7-8H2,1-2H3. The number of hydrogen-bond donors (Lipinski definition) is 2. The maximum Gasteiger partial charge on any atom is 0.242 e. The molecule has 1 aromatic rings. The molecule has 1 aliphatic carbocycles. The van der Waals surface area contributed by atoms with E-state index in [1.807, 2.05) is 7.05 Å². The van der Waals surface area contributed by atoms with Crippen molar-refractivity contribution in [1.29, 1.82) is 0 Å². The van der Waals surface area contributed by atoms with Crippen molar-refractivity contribution < 1.29 is 8.42 Å². The molecule has 1 aliphatic rings. The molecule has 0 aliphatic heterocycles. The topological polar surface area (TPSA) is 58.2 Å². The Balaban J connectivity index is 2.10. The van der Waals surface area contributed by atoms with E-state index in [1.165, 1.54) is 17.8 Å². The Morgan fingerprint density at radius 1 is 1.47 bits per heavy atom.